The number of rotatable bonds is 5. The van der Waals surface area contributed by atoms with E-state index < -0.39 is 0 Å². The molecule has 2 nitrogen and oxygen atoms in total. The van der Waals surface area contributed by atoms with Gasteiger partial charge in [-0.25, -0.2) is 0 Å². The lowest BCUT2D eigenvalue weighted by atomic mass is 9.82. The van der Waals surface area contributed by atoms with E-state index in [1.54, 1.807) is 0 Å². The van der Waals surface area contributed by atoms with Crippen molar-refractivity contribution in [2.45, 2.75) is 33.6 Å². The number of nitriles is 1. The minimum Gasteiger partial charge on any atom is -0.301 e. The van der Waals surface area contributed by atoms with E-state index in [4.69, 9.17) is 5.26 Å². The monoisotopic (exact) mass is 194 g/mol. The number of likely N-dealkylation sites (tertiary alicyclic amines) is 1. The third-order valence-electron chi connectivity index (χ3n) is 3.45. The number of hydrogen-bond donors (Lipinski definition) is 0. The standard InChI is InChI=1S/C12H22N2/c1-4-11(5-2)12-8-14(9-12)7-10(3)6-13/h10-12H,4-5,7-9H2,1-3H3. The molecule has 14 heavy (non-hydrogen) atoms. The van der Waals surface area contributed by atoms with Crippen LogP contribution in [0.5, 0.6) is 0 Å². The molecule has 0 aromatic rings. The first kappa shape index (κ1) is 11.5. The first-order valence-corrected chi connectivity index (χ1v) is 5.83. The number of hydrogen-bond acceptors (Lipinski definition) is 2. The summed E-state index contributed by atoms with van der Waals surface area (Å²) in [5.74, 6) is 2.00. The fourth-order valence-corrected chi connectivity index (χ4v) is 2.44. The van der Waals surface area contributed by atoms with Crippen LogP contribution in [0.25, 0.3) is 0 Å². The third-order valence-corrected chi connectivity index (χ3v) is 3.45. The van der Waals surface area contributed by atoms with Gasteiger partial charge in [0, 0.05) is 19.6 Å². The Hall–Kier alpha value is -0.550. The highest BCUT2D eigenvalue weighted by molar-refractivity contribution is 4.89. The van der Waals surface area contributed by atoms with Gasteiger partial charge < -0.3 is 4.90 Å². The second-order valence-corrected chi connectivity index (χ2v) is 4.59. The summed E-state index contributed by atoms with van der Waals surface area (Å²) in [7, 11) is 0. The molecule has 0 aliphatic carbocycles. The topological polar surface area (TPSA) is 27.0 Å². The second kappa shape index (κ2) is 5.36. The summed E-state index contributed by atoms with van der Waals surface area (Å²) < 4.78 is 0. The fraction of sp³-hybridized carbons (Fsp3) is 0.917. The van der Waals surface area contributed by atoms with E-state index in [0.29, 0.717) is 0 Å². The zero-order chi connectivity index (χ0) is 10.6. The molecule has 1 heterocycles. The molecule has 0 amide bonds. The summed E-state index contributed by atoms with van der Waals surface area (Å²) in [6.07, 6.45) is 2.62. The van der Waals surface area contributed by atoms with Crippen molar-refractivity contribution in [3.05, 3.63) is 0 Å². The molecule has 1 aliphatic rings. The lowest BCUT2D eigenvalue weighted by molar-refractivity contribution is 0.0478. The average molecular weight is 194 g/mol. The summed E-state index contributed by atoms with van der Waals surface area (Å²) in [6, 6.07) is 2.29. The van der Waals surface area contributed by atoms with Crippen LogP contribution in [0.3, 0.4) is 0 Å². The van der Waals surface area contributed by atoms with Gasteiger partial charge in [-0.2, -0.15) is 5.26 Å². The Morgan fingerprint density at radius 2 is 1.93 bits per heavy atom. The Labute approximate surface area is 87.9 Å². The van der Waals surface area contributed by atoms with Crippen LogP contribution in [-0.2, 0) is 0 Å². The summed E-state index contributed by atoms with van der Waals surface area (Å²) in [4.78, 5) is 2.41. The van der Waals surface area contributed by atoms with Gasteiger partial charge in [-0.1, -0.05) is 26.7 Å². The molecule has 80 valence electrons. The molecular weight excluding hydrogens is 172 g/mol. The Kier molecular flexibility index (Phi) is 4.41. The van der Waals surface area contributed by atoms with Crippen LogP contribution in [-0.4, -0.2) is 24.5 Å². The smallest absolute Gasteiger partial charge is 0.0666 e. The fourth-order valence-electron chi connectivity index (χ4n) is 2.44. The summed E-state index contributed by atoms with van der Waals surface area (Å²) in [6.45, 7) is 9.98. The predicted octanol–water partition coefficient (Wildman–Crippen LogP) is 2.51. The van der Waals surface area contributed by atoms with E-state index >= 15 is 0 Å². The quantitative estimate of drug-likeness (QED) is 0.672. The minimum atomic E-state index is 0.192. The molecule has 1 fully saturated rings. The Morgan fingerprint density at radius 3 is 2.36 bits per heavy atom. The van der Waals surface area contributed by atoms with E-state index in [1.807, 2.05) is 6.92 Å². The molecule has 1 atom stereocenters. The first-order chi connectivity index (χ1) is 6.71. The molecule has 2 heteroatoms. The van der Waals surface area contributed by atoms with Gasteiger partial charge in [-0.3, -0.25) is 0 Å². The van der Waals surface area contributed by atoms with Gasteiger partial charge in [0.1, 0.15) is 0 Å². The highest BCUT2D eigenvalue weighted by Crippen LogP contribution is 2.28. The van der Waals surface area contributed by atoms with Crippen molar-refractivity contribution in [3.8, 4) is 6.07 Å². The zero-order valence-electron chi connectivity index (χ0n) is 9.66. The molecule has 0 spiro atoms. The SMILES string of the molecule is CCC(CC)C1CN(CC(C)C#N)C1. The molecule has 0 aromatic carbocycles. The maximum atomic E-state index is 8.69. The van der Waals surface area contributed by atoms with Gasteiger partial charge in [-0.05, 0) is 18.8 Å². The lowest BCUT2D eigenvalue weighted by Gasteiger charge is -2.43. The summed E-state index contributed by atoms with van der Waals surface area (Å²) >= 11 is 0. The number of nitrogens with zero attached hydrogens (tertiary/aromatic N) is 2. The van der Waals surface area contributed by atoms with E-state index in [-0.39, 0.29) is 5.92 Å². The minimum absolute atomic E-state index is 0.192. The van der Waals surface area contributed by atoms with Gasteiger partial charge in [0.2, 0.25) is 0 Å². The van der Waals surface area contributed by atoms with Gasteiger partial charge in [0.15, 0.2) is 0 Å². The third kappa shape index (κ3) is 2.72. The maximum absolute atomic E-state index is 8.69. The maximum Gasteiger partial charge on any atom is 0.0666 e. The van der Waals surface area contributed by atoms with E-state index in [1.165, 1.54) is 25.9 Å². The van der Waals surface area contributed by atoms with E-state index in [9.17, 15) is 0 Å². The van der Waals surface area contributed by atoms with Crippen LogP contribution in [0.4, 0.5) is 0 Å². The van der Waals surface area contributed by atoms with Crippen molar-refractivity contribution in [2.24, 2.45) is 17.8 Å². The van der Waals surface area contributed by atoms with Crippen molar-refractivity contribution in [3.63, 3.8) is 0 Å². The molecule has 1 unspecified atom stereocenters. The van der Waals surface area contributed by atoms with E-state index in [0.717, 1.165) is 18.4 Å². The van der Waals surface area contributed by atoms with Gasteiger partial charge in [-0.15, -0.1) is 0 Å². The van der Waals surface area contributed by atoms with Crippen molar-refractivity contribution >= 4 is 0 Å². The molecule has 0 N–H and O–H groups in total. The molecule has 0 radical (unpaired) electrons. The van der Waals surface area contributed by atoms with Crippen molar-refractivity contribution in [2.75, 3.05) is 19.6 Å². The van der Waals surface area contributed by atoms with Crippen LogP contribution in [0.1, 0.15) is 33.6 Å². The Balaban J connectivity index is 2.20. The molecule has 1 saturated heterocycles. The molecular formula is C12H22N2. The van der Waals surface area contributed by atoms with Crippen molar-refractivity contribution in [1.29, 1.82) is 5.26 Å². The normalized spacial score (nSPS) is 20.5. The van der Waals surface area contributed by atoms with E-state index in [2.05, 4.69) is 24.8 Å². The first-order valence-electron chi connectivity index (χ1n) is 5.83. The molecule has 0 aromatic heterocycles. The molecule has 1 rings (SSSR count). The highest BCUT2D eigenvalue weighted by atomic mass is 15.2. The Bertz CT molecular complexity index is 197. The van der Waals surface area contributed by atoms with Crippen LogP contribution >= 0.6 is 0 Å². The van der Waals surface area contributed by atoms with Gasteiger partial charge in [0.25, 0.3) is 0 Å². The van der Waals surface area contributed by atoms with Crippen LogP contribution in [0.2, 0.25) is 0 Å². The molecule has 1 aliphatic heterocycles. The van der Waals surface area contributed by atoms with Gasteiger partial charge in [0.05, 0.1) is 12.0 Å². The highest BCUT2D eigenvalue weighted by Gasteiger charge is 2.31. The van der Waals surface area contributed by atoms with Crippen LogP contribution in [0.15, 0.2) is 0 Å². The van der Waals surface area contributed by atoms with Crippen LogP contribution < -0.4 is 0 Å². The predicted molar refractivity (Wildman–Crippen MR) is 58.8 cm³/mol. The second-order valence-electron chi connectivity index (χ2n) is 4.59. The summed E-state index contributed by atoms with van der Waals surface area (Å²) in [5.41, 5.74) is 0. The van der Waals surface area contributed by atoms with Crippen molar-refractivity contribution < 1.29 is 0 Å². The van der Waals surface area contributed by atoms with Gasteiger partial charge >= 0.3 is 0 Å². The zero-order valence-corrected chi connectivity index (χ0v) is 9.66. The molecule has 0 saturated carbocycles. The Morgan fingerprint density at radius 1 is 1.36 bits per heavy atom. The average Bonchev–Trinajstić information content (AvgIpc) is 2.15. The van der Waals surface area contributed by atoms with Crippen LogP contribution in [0, 0.1) is 29.1 Å². The largest absolute Gasteiger partial charge is 0.301 e. The molecule has 0 bridgehead atoms. The lowest BCUT2D eigenvalue weighted by Crippen LogP contribution is -2.51. The van der Waals surface area contributed by atoms with Crippen molar-refractivity contribution in [1.82, 2.24) is 4.90 Å². The summed E-state index contributed by atoms with van der Waals surface area (Å²) in [5, 5.41) is 8.69.